The minimum Gasteiger partial charge on any atom is -0.497 e. The maximum Gasteiger partial charge on any atom is 0.228 e. The maximum absolute atomic E-state index is 13.4. The Hall–Kier alpha value is -3.86. The molecule has 2 heterocycles. The number of hydrogen-bond acceptors (Lipinski definition) is 5. The van der Waals surface area contributed by atoms with Gasteiger partial charge in [0.2, 0.25) is 5.78 Å². The number of Topliss-reactive ketones (excluding diaryl/α,β-unsaturated/α-hetero) is 1. The molecule has 0 bridgehead atoms. The second-order valence-electron chi connectivity index (χ2n) is 9.98. The van der Waals surface area contributed by atoms with Crippen LogP contribution in [0.25, 0.3) is 22.1 Å². The van der Waals surface area contributed by atoms with E-state index in [2.05, 4.69) is 0 Å². The Balaban J connectivity index is 1.31. The van der Waals surface area contributed by atoms with Crippen molar-refractivity contribution in [3.63, 3.8) is 0 Å². The van der Waals surface area contributed by atoms with Gasteiger partial charge in [0.15, 0.2) is 11.5 Å². The first-order chi connectivity index (χ1) is 17.5. The van der Waals surface area contributed by atoms with Crippen LogP contribution in [-0.4, -0.2) is 24.3 Å². The van der Waals surface area contributed by atoms with E-state index in [-0.39, 0.29) is 17.2 Å². The molecule has 0 N–H and O–H groups in total. The second-order valence-corrected chi connectivity index (χ2v) is 9.98. The van der Waals surface area contributed by atoms with Crippen molar-refractivity contribution in [2.24, 2.45) is 0 Å². The lowest BCUT2D eigenvalue weighted by Crippen LogP contribution is -2.43. The number of ketones is 2. The summed E-state index contributed by atoms with van der Waals surface area (Å²) >= 11 is 0. The van der Waals surface area contributed by atoms with Gasteiger partial charge in [-0.05, 0) is 61.9 Å². The Bertz CT molecular complexity index is 1470. The zero-order chi connectivity index (χ0) is 24.9. The summed E-state index contributed by atoms with van der Waals surface area (Å²) in [5.74, 6) is 1.61. The highest BCUT2D eigenvalue weighted by atomic mass is 16.5. The Morgan fingerprint density at radius 2 is 1.58 bits per heavy atom. The summed E-state index contributed by atoms with van der Waals surface area (Å²) < 4.78 is 17.7. The molecule has 1 aliphatic carbocycles. The molecular weight excluding hydrogens is 452 g/mol. The summed E-state index contributed by atoms with van der Waals surface area (Å²) in [5.41, 5.74) is 4.12. The number of ether oxygens (including phenoxy) is 2. The summed E-state index contributed by atoms with van der Waals surface area (Å²) in [6.07, 6.45) is 5.60. The second kappa shape index (κ2) is 8.66. The highest BCUT2D eigenvalue weighted by molar-refractivity contribution is 6.12. The quantitative estimate of drug-likeness (QED) is 0.286. The van der Waals surface area contributed by atoms with Crippen LogP contribution in [0.4, 0.5) is 0 Å². The van der Waals surface area contributed by atoms with Crippen molar-refractivity contribution in [1.82, 2.24) is 0 Å². The Morgan fingerprint density at radius 3 is 2.25 bits per heavy atom. The molecule has 1 aromatic heterocycles. The van der Waals surface area contributed by atoms with E-state index in [1.807, 2.05) is 61.5 Å². The zero-order valence-electron chi connectivity index (χ0n) is 20.6. The highest BCUT2D eigenvalue weighted by Gasteiger charge is 2.41. The third-order valence-electron chi connectivity index (χ3n) is 7.69. The van der Waals surface area contributed by atoms with Crippen molar-refractivity contribution < 1.29 is 23.5 Å². The molecule has 1 spiro atoms. The molecule has 0 atom stereocenters. The number of carbonyl (C=O) groups is 2. The SMILES string of the molecule is COc1ccc(-c2ccc(C(=O)c3oc4cc5c(cc4c3C)C(=O)CC3(CCCCC3)O5)cc2)cc1. The van der Waals surface area contributed by atoms with Gasteiger partial charge < -0.3 is 13.9 Å². The fourth-order valence-corrected chi connectivity index (χ4v) is 5.63. The molecule has 0 amide bonds. The lowest BCUT2D eigenvalue weighted by atomic mass is 9.78. The van der Waals surface area contributed by atoms with Gasteiger partial charge in [0.25, 0.3) is 0 Å². The molecule has 6 rings (SSSR count). The Labute approximate surface area is 210 Å². The molecule has 0 unspecified atom stereocenters. The van der Waals surface area contributed by atoms with Gasteiger partial charge in [-0.1, -0.05) is 42.8 Å². The highest BCUT2D eigenvalue weighted by Crippen LogP contribution is 2.44. The van der Waals surface area contributed by atoms with Crippen molar-refractivity contribution in [3.05, 3.63) is 83.1 Å². The zero-order valence-corrected chi connectivity index (χ0v) is 20.6. The minimum absolute atomic E-state index is 0.114. The summed E-state index contributed by atoms with van der Waals surface area (Å²) in [5, 5.41) is 0.781. The van der Waals surface area contributed by atoms with E-state index in [1.54, 1.807) is 13.2 Å². The fourth-order valence-electron chi connectivity index (χ4n) is 5.63. The van der Waals surface area contributed by atoms with Crippen LogP contribution in [0.15, 0.2) is 65.1 Å². The summed E-state index contributed by atoms with van der Waals surface area (Å²) in [6.45, 7) is 1.87. The van der Waals surface area contributed by atoms with Gasteiger partial charge in [0, 0.05) is 22.6 Å². The van der Waals surface area contributed by atoms with E-state index < -0.39 is 0 Å². The molecule has 3 aromatic carbocycles. The van der Waals surface area contributed by atoms with Crippen LogP contribution in [0, 0.1) is 6.92 Å². The monoisotopic (exact) mass is 480 g/mol. The largest absolute Gasteiger partial charge is 0.497 e. The molecule has 1 saturated carbocycles. The van der Waals surface area contributed by atoms with Crippen LogP contribution in [-0.2, 0) is 0 Å². The summed E-state index contributed by atoms with van der Waals surface area (Å²) in [7, 11) is 1.64. The number of aryl methyl sites for hydroxylation is 1. The topological polar surface area (TPSA) is 65.7 Å². The van der Waals surface area contributed by atoms with E-state index in [0.717, 1.165) is 53.5 Å². The molecule has 1 fully saturated rings. The smallest absolute Gasteiger partial charge is 0.228 e. The number of methoxy groups -OCH3 is 1. The van der Waals surface area contributed by atoms with Crippen LogP contribution < -0.4 is 9.47 Å². The molecule has 1 aliphatic heterocycles. The minimum atomic E-state index is -0.387. The third-order valence-corrected chi connectivity index (χ3v) is 7.69. The maximum atomic E-state index is 13.4. The summed E-state index contributed by atoms with van der Waals surface area (Å²) in [6, 6.07) is 18.9. The molecule has 0 saturated heterocycles. The predicted molar refractivity (Wildman–Crippen MR) is 138 cm³/mol. The van der Waals surface area contributed by atoms with Crippen LogP contribution in [0.2, 0.25) is 0 Å². The van der Waals surface area contributed by atoms with Crippen LogP contribution >= 0.6 is 0 Å². The average Bonchev–Trinajstić information content (AvgIpc) is 3.23. The van der Waals surface area contributed by atoms with Crippen molar-refractivity contribution in [3.8, 4) is 22.6 Å². The summed E-state index contributed by atoms with van der Waals surface area (Å²) in [4.78, 5) is 26.5. The third kappa shape index (κ3) is 3.79. The number of furan rings is 1. The van der Waals surface area contributed by atoms with Crippen molar-refractivity contribution in [1.29, 1.82) is 0 Å². The van der Waals surface area contributed by atoms with Crippen molar-refractivity contribution in [2.75, 3.05) is 7.11 Å². The number of rotatable bonds is 4. The van der Waals surface area contributed by atoms with E-state index >= 15 is 0 Å². The number of carbonyl (C=O) groups excluding carboxylic acids is 2. The molecule has 182 valence electrons. The van der Waals surface area contributed by atoms with Crippen LogP contribution in [0.3, 0.4) is 0 Å². The molecule has 5 heteroatoms. The molecule has 0 radical (unpaired) electrons. The van der Waals surface area contributed by atoms with E-state index in [1.165, 1.54) is 6.42 Å². The van der Waals surface area contributed by atoms with Gasteiger partial charge in [0.1, 0.15) is 22.7 Å². The van der Waals surface area contributed by atoms with E-state index in [9.17, 15) is 9.59 Å². The lowest BCUT2D eigenvalue weighted by Gasteiger charge is -2.40. The van der Waals surface area contributed by atoms with E-state index in [4.69, 9.17) is 13.9 Å². The van der Waals surface area contributed by atoms with E-state index in [0.29, 0.717) is 34.6 Å². The number of benzene rings is 3. The van der Waals surface area contributed by atoms with Gasteiger partial charge in [0.05, 0.1) is 19.1 Å². The standard InChI is InChI=1S/C31H28O5/c1-19-24-16-25-26(32)18-31(14-4-3-5-15-31)36-28(25)17-27(24)35-30(19)29(33)22-8-6-20(7-9-22)21-10-12-23(34-2)13-11-21/h6-13,16-17H,3-5,14-15,18H2,1-2H3. The first-order valence-corrected chi connectivity index (χ1v) is 12.5. The van der Waals surface area contributed by atoms with Gasteiger partial charge in [-0.3, -0.25) is 9.59 Å². The van der Waals surface area contributed by atoms with Crippen molar-refractivity contribution in [2.45, 2.75) is 51.0 Å². The normalized spacial score (nSPS) is 16.6. The molecule has 2 aliphatic rings. The van der Waals surface area contributed by atoms with Crippen molar-refractivity contribution >= 4 is 22.5 Å². The number of hydrogen-bond donors (Lipinski definition) is 0. The molecular formula is C31H28O5. The first kappa shape index (κ1) is 22.6. The van der Waals surface area contributed by atoms with Gasteiger partial charge in [-0.15, -0.1) is 0 Å². The average molecular weight is 481 g/mol. The van der Waals surface area contributed by atoms with Gasteiger partial charge in [-0.2, -0.15) is 0 Å². The van der Waals surface area contributed by atoms with Gasteiger partial charge >= 0.3 is 0 Å². The molecule has 4 aromatic rings. The fraction of sp³-hybridized carbons (Fsp3) is 0.290. The Kier molecular flexibility index (Phi) is 5.44. The lowest BCUT2D eigenvalue weighted by molar-refractivity contribution is 0.0137. The first-order valence-electron chi connectivity index (χ1n) is 12.5. The molecule has 36 heavy (non-hydrogen) atoms. The van der Waals surface area contributed by atoms with Gasteiger partial charge in [-0.25, -0.2) is 0 Å². The Morgan fingerprint density at radius 1 is 0.917 bits per heavy atom. The predicted octanol–water partition coefficient (Wildman–Crippen LogP) is 7.32. The molecule has 5 nitrogen and oxygen atoms in total. The number of fused-ring (bicyclic) bond motifs is 2. The van der Waals surface area contributed by atoms with Crippen LogP contribution in [0.1, 0.15) is 70.6 Å². The van der Waals surface area contributed by atoms with Crippen LogP contribution in [0.5, 0.6) is 11.5 Å².